The van der Waals surface area contributed by atoms with Gasteiger partial charge in [0.25, 0.3) is 0 Å². The number of aromatic nitrogens is 4. The van der Waals surface area contributed by atoms with Gasteiger partial charge in [-0.2, -0.15) is 0 Å². The molecule has 1 saturated heterocycles. The molecule has 1 aliphatic rings. The van der Waals surface area contributed by atoms with Gasteiger partial charge >= 0.3 is 0 Å². The Morgan fingerprint density at radius 2 is 2.17 bits per heavy atom. The van der Waals surface area contributed by atoms with Crippen LogP contribution in [0.25, 0.3) is 16.9 Å². The molecule has 0 radical (unpaired) electrons. The van der Waals surface area contributed by atoms with Crippen LogP contribution in [0.2, 0.25) is 0 Å². The van der Waals surface area contributed by atoms with E-state index in [1.54, 1.807) is 23.0 Å². The average Bonchev–Trinajstić information content (AvgIpc) is 3.21. The number of imidazole rings is 1. The summed E-state index contributed by atoms with van der Waals surface area (Å²) in [6.45, 7) is 1.92. The summed E-state index contributed by atoms with van der Waals surface area (Å²) in [5.74, 6) is 0.899. The van der Waals surface area contributed by atoms with Crippen molar-refractivity contribution in [3.05, 3.63) is 36.7 Å². The van der Waals surface area contributed by atoms with E-state index in [1.165, 1.54) is 0 Å². The molecule has 3 aromatic heterocycles. The van der Waals surface area contributed by atoms with Crippen LogP contribution in [0.3, 0.4) is 0 Å². The van der Waals surface area contributed by atoms with Gasteiger partial charge in [-0.05, 0) is 37.7 Å². The van der Waals surface area contributed by atoms with Gasteiger partial charge in [0, 0.05) is 25.3 Å². The van der Waals surface area contributed by atoms with Crippen LogP contribution < -0.4 is 10.2 Å². The van der Waals surface area contributed by atoms with Gasteiger partial charge in [-0.1, -0.05) is 0 Å². The minimum absolute atomic E-state index is 0.0158. The lowest BCUT2D eigenvalue weighted by molar-refractivity contribution is 0.455. The fourth-order valence-electron chi connectivity index (χ4n) is 3.02. The lowest BCUT2D eigenvalue weighted by Crippen LogP contribution is -2.30. The number of hydrogen-bond acceptors (Lipinski definition) is 6. The molecule has 4 heterocycles. The molecule has 0 unspecified atom stereocenters. The number of pyridine rings is 1. The summed E-state index contributed by atoms with van der Waals surface area (Å²) in [5.41, 5.74) is 2.10. The SMILES string of the molecule is CN[C@H]1CCN(c2ccc3ncc(-c4cccnc4O)n3n2)C1. The Labute approximate surface area is 133 Å². The third-order valence-corrected chi connectivity index (χ3v) is 4.33. The first kappa shape index (κ1) is 14.0. The van der Waals surface area contributed by atoms with Gasteiger partial charge in [0.1, 0.15) is 5.82 Å². The highest BCUT2D eigenvalue weighted by Gasteiger charge is 2.23. The molecule has 0 spiro atoms. The molecule has 1 aliphatic heterocycles. The largest absolute Gasteiger partial charge is 0.493 e. The summed E-state index contributed by atoms with van der Waals surface area (Å²) < 4.78 is 1.76. The number of hydrogen-bond donors (Lipinski definition) is 2. The Morgan fingerprint density at radius 1 is 1.26 bits per heavy atom. The second-order valence-corrected chi connectivity index (χ2v) is 5.70. The van der Waals surface area contributed by atoms with Crippen molar-refractivity contribution in [1.82, 2.24) is 24.9 Å². The van der Waals surface area contributed by atoms with Crippen molar-refractivity contribution in [3.63, 3.8) is 0 Å². The first-order valence-corrected chi connectivity index (χ1v) is 7.67. The zero-order chi connectivity index (χ0) is 15.8. The maximum atomic E-state index is 9.99. The summed E-state index contributed by atoms with van der Waals surface area (Å²) >= 11 is 0. The van der Waals surface area contributed by atoms with Gasteiger partial charge in [0.05, 0.1) is 17.5 Å². The minimum atomic E-state index is -0.0158. The summed E-state index contributed by atoms with van der Waals surface area (Å²) in [4.78, 5) is 10.6. The molecule has 7 heteroatoms. The fraction of sp³-hybridized carbons (Fsp3) is 0.312. The number of anilines is 1. The third-order valence-electron chi connectivity index (χ3n) is 4.33. The molecule has 0 saturated carbocycles. The molecular formula is C16H18N6O. The van der Waals surface area contributed by atoms with E-state index >= 15 is 0 Å². The van der Waals surface area contributed by atoms with Crippen LogP contribution in [-0.4, -0.2) is 50.9 Å². The van der Waals surface area contributed by atoms with Crippen molar-refractivity contribution in [3.8, 4) is 17.1 Å². The van der Waals surface area contributed by atoms with Crippen molar-refractivity contribution in [2.24, 2.45) is 0 Å². The highest BCUT2D eigenvalue weighted by Crippen LogP contribution is 2.28. The number of rotatable bonds is 3. The first-order valence-electron chi connectivity index (χ1n) is 7.67. The van der Waals surface area contributed by atoms with Gasteiger partial charge in [0.2, 0.25) is 5.88 Å². The van der Waals surface area contributed by atoms with Gasteiger partial charge in [-0.3, -0.25) is 0 Å². The molecule has 118 valence electrons. The Hall–Kier alpha value is -2.67. The van der Waals surface area contributed by atoms with Crippen LogP contribution in [0.5, 0.6) is 5.88 Å². The van der Waals surface area contributed by atoms with E-state index in [2.05, 4.69) is 20.2 Å². The maximum Gasteiger partial charge on any atom is 0.220 e. The van der Waals surface area contributed by atoms with Crippen LogP contribution in [0.4, 0.5) is 5.82 Å². The summed E-state index contributed by atoms with van der Waals surface area (Å²) in [5, 5.41) is 18.0. The standard InChI is InChI=1S/C16H18N6O/c1-17-11-6-8-21(10-11)15-5-4-14-19-9-13(22(14)20-15)12-3-2-7-18-16(12)23/h2-5,7,9,11,17H,6,8,10H2,1H3,(H,18,23)/t11-/m0/s1. The van der Waals surface area contributed by atoms with E-state index < -0.39 is 0 Å². The first-order chi connectivity index (χ1) is 11.3. The molecule has 23 heavy (non-hydrogen) atoms. The van der Waals surface area contributed by atoms with Gasteiger partial charge in [-0.25, -0.2) is 14.5 Å². The maximum absolute atomic E-state index is 9.99. The lowest BCUT2D eigenvalue weighted by Gasteiger charge is -2.17. The number of nitrogens with zero attached hydrogens (tertiary/aromatic N) is 5. The molecule has 7 nitrogen and oxygen atoms in total. The van der Waals surface area contributed by atoms with E-state index in [1.807, 2.05) is 25.2 Å². The van der Waals surface area contributed by atoms with E-state index in [0.29, 0.717) is 11.6 Å². The van der Waals surface area contributed by atoms with Crippen LogP contribution in [0.15, 0.2) is 36.7 Å². The summed E-state index contributed by atoms with van der Waals surface area (Å²) in [7, 11) is 1.99. The van der Waals surface area contributed by atoms with Gasteiger partial charge in [-0.15, -0.1) is 5.10 Å². The van der Waals surface area contributed by atoms with Crippen molar-refractivity contribution in [2.75, 3.05) is 25.0 Å². The van der Waals surface area contributed by atoms with E-state index in [9.17, 15) is 5.11 Å². The molecular weight excluding hydrogens is 292 g/mol. The van der Waals surface area contributed by atoms with E-state index in [0.717, 1.165) is 36.7 Å². The van der Waals surface area contributed by atoms with Crippen LogP contribution in [0, 0.1) is 0 Å². The monoisotopic (exact) mass is 310 g/mol. The summed E-state index contributed by atoms with van der Waals surface area (Å²) in [6, 6.07) is 8.04. The minimum Gasteiger partial charge on any atom is -0.493 e. The number of likely N-dealkylation sites (N-methyl/N-ethyl adjacent to an activating group) is 1. The number of fused-ring (bicyclic) bond motifs is 1. The fourth-order valence-corrected chi connectivity index (χ4v) is 3.02. The summed E-state index contributed by atoms with van der Waals surface area (Å²) in [6.07, 6.45) is 4.38. The molecule has 0 aliphatic carbocycles. The molecule has 2 N–H and O–H groups in total. The highest BCUT2D eigenvalue weighted by molar-refractivity contribution is 5.67. The van der Waals surface area contributed by atoms with Crippen LogP contribution >= 0.6 is 0 Å². The quantitative estimate of drug-likeness (QED) is 0.759. The molecule has 1 fully saturated rings. The average molecular weight is 310 g/mol. The zero-order valence-electron chi connectivity index (χ0n) is 12.8. The highest BCUT2D eigenvalue weighted by atomic mass is 16.3. The molecule has 0 aromatic carbocycles. The molecule has 0 bridgehead atoms. The number of nitrogens with one attached hydrogen (secondary N) is 1. The van der Waals surface area contributed by atoms with Crippen molar-refractivity contribution in [2.45, 2.75) is 12.5 Å². The topological polar surface area (TPSA) is 78.6 Å². The number of aromatic hydroxyl groups is 1. The van der Waals surface area contributed by atoms with Gasteiger partial charge < -0.3 is 15.3 Å². The van der Waals surface area contributed by atoms with Gasteiger partial charge in [0.15, 0.2) is 5.65 Å². The smallest absolute Gasteiger partial charge is 0.220 e. The van der Waals surface area contributed by atoms with E-state index in [4.69, 9.17) is 5.10 Å². The Bertz CT molecular complexity index is 845. The Kier molecular flexibility index (Phi) is 3.34. The van der Waals surface area contributed by atoms with E-state index in [-0.39, 0.29) is 5.88 Å². The predicted octanol–water partition coefficient (Wildman–Crippen LogP) is 1.29. The van der Waals surface area contributed by atoms with Crippen LogP contribution in [0.1, 0.15) is 6.42 Å². The second-order valence-electron chi connectivity index (χ2n) is 5.70. The van der Waals surface area contributed by atoms with Crippen LogP contribution in [-0.2, 0) is 0 Å². The molecule has 1 atom stereocenters. The molecule has 0 amide bonds. The molecule has 3 aromatic rings. The van der Waals surface area contributed by atoms with Crippen molar-refractivity contribution >= 4 is 11.5 Å². The second kappa shape index (κ2) is 5.51. The Balaban J connectivity index is 1.77. The third kappa shape index (κ3) is 2.39. The normalized spacial score (nSPS) is 18.0. The zero-order valence-corrected chi connectivity index (χ0v) is 12.8. The predicted molar refractivity (Wildman–Crippen MR) is 87.6 cm³/mol. The van der Waals surface area contributed by atoms with Crippen molar-refractivity contribution < 1.29 is 5.11 Å². The Morgan fingerprint density at radius 3 is 2.96 bits per heavy atom. The van der Waals surface area contributed by atoms with Crippen molar-refractivity contribution in [1.29, 1.82) is 0 Å². The lowest BCUT2D eigenvalue weighted by atomic mass is 10.2. The molecule has 4 rings (SSSR count).